The van der Waals surface area contributed by atoms with E-state index in [9.17, 15) is 22.4 Å². The summed E-state index contributed by atoms with van der Waals surface area (Å²) in [6.45, 7) is -4.67. The molecule has 3 aromatic rings. The quantitative estimate of drug-likeness (QED) is 0.345. The summed E-state index contributed by atoms with van der Waals surface area (Å²) in [5, 5.41) is 5.89. The number of carbonyl (C=O) groups excluding carboxylic acids is 1. The molecule has 0 saturated carbocycles. The van der Waals surface area contributed by atoms with Gasteiger partial charge in [-0.1, -0.05) is 36.4 Å². The van der Waals surface area contributed by atoms with Gasteiger partial charge in [-0.3, -0.25) is 20.1 Å². The highest BCUT2D eigenvalue weighted by atomic mass is 19.3. The first-order valence-electron chi connectivity index (χ1n) is 11.1. The summed E-state index contributed by atoms with van der Waals surface area (Å²) in [7, 11) is 1.50. The monoisotopic (exact) mass is 506 g/mol. The van der Waals surface area contributed by atoms with Crippen LogP contribution >= 0.6 is 0 Å². The van der Waals surface area contributed by atoms with Crippen molar-refractivity contribution in [3.8, 4) is 11.5 Å². The van der Waals surface area contributed by atoms with E-state index in [1.165, 1.54) is 19.2 Å². The molecule has 11 heteroatoms. The summed E-state index contributed by atoms with van der Waals surface area (Å²) in [6.07, 6.45) is 4.06. The number of ether oxygens (including phenoxy) is 2. The number of hydrogen-bond donors (Lipinski definition) is 2. The SMILES string of the molecule is CNC(=O)C(NC(CCc1cnc(C)cn1)c1ccc(OC(F)F)c(OC(F)F)c1)c1ccccc1. The van der Waals surface area contributed by atoms with Gasteiger partial charge in [0.15, 0.2) is 11.5 Å². The van der Waals surface area contributed by atoms with E-state index in [0.29, 0.717) is 29.7 Å². The zero-order chi connectivity index (χ0) is 26.1. The fourth-order valence-corrected chi connectivity index (χ4v) is 3.62. The van der Waals surface area contributed by atoms with Crippen LogP contribution in [0.5, 0.6) is 11.5 Å². The molecular weight excluding hydrogens is 480 g/mol. The summed E-state index contributed by atoms with van der Waals surface area (Å²) in [5.41, 5.74) is 2.54. The molecule has 1 amide bonds. The molecule has 0 spiro atoms. The zero-order valence-corrected chi connectivity index (χ0v) is 19.6. The first-order valence-corrected chi connectivity index (χ1v) is 11.1. The number of benzene rings is 2. The van der Waals surface area contributed by atoms with Gasteiger partial charge in [-0.2, -0.15) is 17.6 Å². The van der Waals surface area contributed by atoms with Crippen LogP contribution in [0.2, 0.25) is 0 Å². The van der Waals surface area contributed by atoms with Crippen molar-refractivity contribution in [3.05, 3.63) is 83.4 Å². The lowest BCUT2D eigenvalue weighted by Gasteiger charge is -2.26. The van der Waals surface area contributed by atoms with Crippen LogP contribution in [-0.4, -0.2) is 36.1 Å². The van der Waals surface area contributed by atoms with E-state index < -0.39 is 36.8 Å². The molecule has 192 valence electrons. The van der Waals surface area contributed by atoms with Gasteiger partial charge in [0.25, 0.3) is 0 Å². The maximum absolute atomic E-state index is 13.0. The smallest absolute Gasteiger partial charge is 0.387 e. The number of nitrogens with one attached hydrogen (secondary N) is 2. The highest BCUT2D eigenvalue weighted by Gasteiger charge is 2.26. The molecular formula is C25H26F4N4O3. The maximum Gasteiger partial charge on any atom is 0.387 e. The van der Waals surface area contributed by atoms with Gasteiger partial charge >= 0.3 is 13.2 Å². The Hall–Kier alpha value is -3.73. The number of amides is 1. The van der Waals surface area contributed by atoms with Crippen molar-refractivity contribution in [1.29, 1.82) is 0 Å². The lowest BCUT2D eigenvalue weighted by Crippen LogP contribution is -2.38. The van der Waals surface area contributed by atoms with Gasteiger partial charge in [0.2, 0.25) is 5.91 Å². The summed E-state index contributed by atoms with van der Waals surface area (Å²) in [4.78, 5) is 21.3. The number of nitrogens with zero attached hydrogens (tertiary/aromatic N) is 2. The Balaban J connectivity index is 1.97. The zero-order valence-electron chi connectivity index (χ0n) is 19.6. The molecule has 2 unspecified atom stereocenters. The topological polar surface area (TPSA) is 85.4 Å². The molecule has 0 saturated heterocycles. The highest BCUT2D eigenvalue weighted by Crippen LogP contribution is 2.35. The Labute approximate surface area is 205 Å². The van der Waals surface area contributed by atoms with E-state index in [0.717, 1.165) is 11.8 Å². The number of halogens is 4. The molecule has 36 heavy (non-hydrogen) atoms. The van der Waals surface area contributed by atoms with Crippen LogP contribution in [0.4, 0.5) is 17.6 Å². The second kappa shape index (κ2) is 12.8. The maximum atomic E-state index is 13.0. The predicted octanol–water partition coefficient (Wildman–Crippen LogP) is 4.74. The van der Waals surface area contributed by atoms with Crippen molar-refractivity contribution in [2.75, 3.05) is 7.05 Å². The number of aromatic nitrogens is 2. The van der Waals surface area contributed by atoms with Gasteiger partial charge in [0, 0.05) is 25.5 Å². The molecule has 0 fully saturated rings. The fraction of sp³-hybridized carbons (Fsp3) is 0.320. The van der Waals surface area contributed by atoms with Crippen molar-refractivity contribution >= 4 is 5.91 Å². The van der Waals surface area contributed by atoms with Gasteiger partial charge in [-0.05, 0) is 43.0 Å². The van der Waals surface area contributed by atoms with E-state index in [-0.39, 0.29) is 5.91 Å². The van der Waals surface area contributed by atoms with Crippen LogP contribution in [0.3, 0.4) is 0 Å². The fourth-order valence-electron chi connectivity index (χ4n) is 3.62. The molecule has 0 aliphatic rings. The van der Waals surface area contributed by atoms with E-state index in [4.69, 9.17) is 0 Å². The van der Waals surface area contributed by atoms with Gasteiger partial charge in [0.1, 0.15) is 6.04 Å². The Bertz CT molecular complexity index is 1120. The third kappa shape index (κ3) is 7.64. The van der Waals surface area contributed by atoms with E-state index in [1.54, 1.807) is 36.7 Å². The summed E-state index contributed by atoms with van der Waals surface area (Å²) in [5.74, 6) is -1.38. The molecule has 3 rings (SSSR count). The van der Waals surface area contributed by atoms with Gasteiger partial charge in [-0.15, -0.1) is 0 Å². The Morgan fingerprint density at radius 3 is 2.22 bits per heavy atom. The average Bonchev–Trinajstić information content (AvgIpc) is 2.86. The van der Waals surface area contributed by atoms with E-state index in [1.807, 2.05) is 13.0 Å². The van der Waals surface area contributed by atoms with Crippen molar-refractivity contribution < 1.29 is 31.8 Å². The Morgan fingerprint density at radius 2 is 1.61 bits per heavy atom. The molecule has 0 bridgehead atoms. The number of carbonyl (C=O) groups is 1. The van der Waals surface area contributed by atoms with Crippen molar-refractivity contribution in [1.82, 2.24) is 20.6 Å². The van der Waals surface area contributed by atoms with Crippen LogP contribution in [-0.2, 0) is 11.2 Å². The largest absolute Gasteiger partial charge is 0.431 e. The second-order valence-corrected chi connectivity index (χ2v) is 7.83. The van der Waals surface area contributed by atoms with Crippen LogP contribution in [0, 0.1) is 6.92 Å². The first kappa shape index (κ1) is 26.9. The summed E-state index contributed by atoms with van der Waals surface area (Å²) in [6, 6.07) is 11.4. The van der Waals surface area contributed by atoms with Crippen LogP contribution in [0.25, 0.3) is 0 Å². The van der Waals surface area contributed by atoms with Crippen LogP contribution in [0.15, 0.2) is 60.9 Å². The molecule has 0 aliphatic heterocycles. The third-order valence-corrected chi connectivity index (χ3v) is 5.34. The third-order valence-electron chi connectivity index (χ3n) is 5.34. The minimum atomic E-state index is -3.25. The van der Waals surface area contributed by atoms with Crippen molar-refractivity contribution in [2.24, 2.45) is 0 Å². The predicted molar refractivity (Wildman–Crippen MR) is 124 cm³/mol. The molecule has 2 N–H and O–H groups in total. The lowest BCUT2D eigenvalue weighted by molar-refractivity contribution is -0.123. The minimum absolute atomic E-state index is 0.317. The number of hydrogen-bond acceptors (Lipinski definition) is 6. The molecule has 1 aromatic heterocycles. The summed E-state index contributed by atoms with van der Waals surface area (Å²) >= 11 is 0. The number of aryl methyl sites for hydroxylation is 2. The van der Waals surface area contributed by atoms with E-state index in [2.05, 4.69) is 30.1 Å². The standard InChI is InChI=1S/C25H26F4N4O3/c1-15-13-32-18(14-31-15)9-10-19(33-22(23(34)30-2)16-6-4-3-5-7-16)17-8-11-20(35-24(26)27)21(12-17)36-25(28)29/h3-8,11-14,19,22,24-25,33H,9-10H2,1-2H3,(H,30,34). The van der Waals surface area contributed by atoms with Gasteiger partial charge in [-0.25, -0.2) is 0 Å². The number of rotatable bonds is 12. The molecule has 0 aliphatic carbocycles. The van der Waals surface area contributed by atoms with Crippen LogP contribution < -0.4 is 20.1 Å². The normalized spacial score (nSPS) is 12.9. The number of alkyl halides is 4. The summed E-state index contributed by atoms with van der Waals surface area (Å²) < 4.78 is 60.4. The molecule has 0 radical (unpaired) electrons. The van der Waals surface area contributed by atoms with E-state index >= 15 is 0 Å². The number of likely N-dealkylation sites (N-methyl/N-ethyl adjacent to an activating group) is 1. The highest BCUT2D eigenvalue weighted by molar-refractivity contribution is 5.83. The minimum Gasteiger partial charge on any atom is -0.431 e. The Kier molecular flexibility index (Phi) is 9.57. The molecule has 2 aromatic carbocycles. The van der Waals surface area contributed by atoms with Gasteiger partial charge in [0.05, 0.1) is 11.4 Å². The molecule has 1 heterocycles. The van der Waals surface area contributed by atoms with Crippen LogP contribution in [0.1, 0.15) is 41.0 Å². The lowest BCUT2D eigenvalue weighted by atomic mass is 9.97. The second-order valence-electron chi connectivity index (χ2n) is 7.83. The Morgan fingerprint density at radius 1 is 0.917 bits per heavy atom. The van der Waals surface area contributed by atoms with Crippen molar-refractivity contribution in [2.45, 2.75) is 45.1 Å². The molecule has 7 nitrogen and oxygen atoms in total. The van der Waals surface area contributed by atoms with Crippen molar-refractivity contribution in [3.63, 3.8) is 0 Å². The first-order chi connectivity index (χ1) is 17.3. The molecule has 2 atom stereocenters. The average molecular weight is 507 g/mol. The van der Waals surface area contributed by atoms with Gasteiger partial charge < -0.3 is 14.8 Å².